The van der Waals surface area contributed by atoms with Gasteiger partial charge in [-0.2, -0.15) is 4.52 Å². The number of hydrogen-bond acceptors (Lipinski definition) is 7. The number of carbonyl (C=O) groups is 1. The number of esters is 1. The van der Waals surface area contributed by atoms with E-state index in [-0.39, 0.29) is 27.3 Å². The lowest BCUT2D eigenvalue weighted by Gasteiger charge is -2.08. The Hall–Kier alpha value is -2.42. The second-order valence-electron chi connectivity index (χ2n) is 7.87. The van der Waals surface area contributed by atoms with Crippen LogP contribution in [0.25, 0.3) is 11.0 Å². The summed E-state index contributed by atoms with van der Waals surface area (Å²) in [5.41, 5.74) is 0.396. The van der Waals surface area contributed by atoms with Gasteiger partial charge in [0.25, 0.3) is 5.56 Å². The maximum atomic E-state index is 12.9. The van der Waals surface area contributed by atoms with Gasteiger partial charge in [0.05, 0.1) is 11.6 Å². The number of hydrogen-bond donors (Lipinski definition) is 0. The Morgan fingerprint density at radius 2 is 2.03 bits per heavy atom. The van der Waals surface area contributed by atoms with Crippen molar-refractivity contribution in [3.63, 3.8) is 0 Å². The summed E-state index contributed by atoms with van der Waals surface area (Å²) >= 11 is 12.9. The molecule has 0 N–H and O–H groups in total. The van der Waals surface area contributed by atoms with Crippen molar-refractivity contribution in [3.8, 4) is 11.5 Å². The number of benzene rings is 1. The van der Waals surface area contributed by atoms with Crippen molar-refractivity contribution in [1.29, 1.82) is 0 Å². The van der Waals surface area contributed by atoms with Crippen LogP contribution in [0, 0.1) is 11.3 Å². The Morgan fingerprint density at radius 3 is 2.65 bits per heavy atom. The zero-order valence-corrected chi connectivity index (χ0v) is 19.5. The molecular formula is C21H19Cl2N3O4S. The summed E-state index contributed by atoms with van der Waals surface area (Å²) in [5, 5.41) is 4.46. The Morgan fingerprint density at radius 1 is 1.29 bits per heavy atom. The second kappa shape index (κ2) is 7.93. The van der Waals surface area contributed by atoms with Gasteiger partial charge in [0.2, 0.25) is 4.96 Å². The van der Waals surface area contributed by atoms with Gasteiger partial charge < -0.3 is 9.47 Å². The molecule has 0 spiro atoms. The smallest absolute Gasteiger partial charge is 0.308 e. The molecule has 1 fully saturated rings. The van der Waals surface area contributed by atoms with Crippen LogP contribution in [0.5, 0.6) is 11.5 Å². The largest absolute Gasteiger partial charge is 0.493 e. The van der Waals surface area contributed by atoms with Crippen LogP contribution in [0.4, 0.5) is 0 Å². The molecule has 0 amide bonds. The highest BCUT2D eigenvalue weighted by molar-refractivity contribution is 7.15. The fraction of sp³-hybridized carbons (Fsp3) is 0.333. The Kier molecular flexibility index (Phi) is 5.57. The molecule has 10 heteroatoms. The molecule has 4 rings (SSSR count). The molecule has 2 heterocycles. The van der Waals surface area contributed by atoms with Crippen molar-refractivity contribution in [1.82, 2.24) is 14.6 Å². The van der Waals surface area contributed by atoms with Crippen LogP contribution in [0.3, 0.4) is 0 Å². The summed E-state index contributed by atoms with van der Waals surface area (Å²) in [6.07, 6.45) is 3.52. The fourth-order valence-electron chi connectivity index (χ4n) is 3.76. The summed E-state index contributed by atoms with van der Waals surface area (Å²) in [6, 6.07) is 5.05. The standard InChI is InChI=1S/C21H19Cl2N3O4S/c1-10(27)30-13-6-5-11(7-14(13)29-4)8-15-19(28)26-20(31-15)24-18(25-26)17-12(9-16(22)23)21(17,2)3/h5-9,12,17H,1-4H3/b15-8+/t12-,17-/m1/s1. The third-order valence-corrected chi connectivity index (χ3v) is 6.64. The first kappa shape index (κ1) is 21.8. The SMILES string of the molecule is COc1cc(/C=c2/sc3nc([C@H]4[C@@H](C=C(Cl)Cl)C4(C)C)nn3c2=O)ccc1OC(C)=O. The number of thiazole rings is 1. The maximum absolute atomic E-state index is 12.9. The van der Waals surface area contributed by atoms with Crippen molar-refractivity contribution >= 4 is 51.5 Å². The average Bonchev–Trinajstić information content (AvgIpc) is 2.95. The molecule has 0 aliphatic heterocycles. The molecule has 0 radical (unpaired) electrons. The minimum Gasteiger partial charge on any atom is -0.493 e. The van der Waals surface area contributed by atoms with Crippen LogP contribution in [-0.4, -0.2) is 27.7 Å². The summed E-state index contributed by atoms with van der Waals surface area (Å²) in [7, 11) is 1.48. The van der Waals surface area contributed by atoms with E-state index in [2.05, 4.69) is 23.9 Å². The lowest BCUT2D eigenvalue weighted by molar-refractivity contribution is -0.132. The third kappa shape index (κ3) is 4.07. The quantitative estimate of drug-likeness (QED) is 0.409. The number of halogens is 2. The van der Waals surface area contributed by atoms with Gasteiger partial charge in [-0.3, -0.25) is 9.59 Å². The molecule has 162 valence electrons. The van der Waals surface area contributed by atoms with E-state index in [4.69, 9.17) is 32.7 Å². The van der Waals surface area contributed by atoms with E-state index in [0.717, 1.165) is 5.56 Å². The topological polar surface area (TPSA) is 82.8 Å². The van der Waals surface area contributed by atoms with E-state index in [1.807, 2.05) is 0 Å². The number of allylic oxidation sites excluding steroid dienone is 1. The number of aromatic nitrogens is 3. The third-order valence-electron chi connectivity index (χ3n) is 5.43. The fourth-order valence-corrected chi connectivity index (χ4v) is 4.95. The number of nitrogens with zero attached hydrogens (tertiary/aromatic N) is 3. The highest BCUT2D eigenvalue weighted by atomic mass is 35.5. The molecule has 2 atom stereocenters. The van der Waals surface area contributed by atoms with Crippen LogP contribution < -0.4 is 19.6 Å². The normalized spacial score (nSPS) is 20.0. The summed E-state index contributed by atoms with van der Waals surface area (Å²) < 4.78 is 12.4. The molecule has 1 saturated carbocycles. The van der Waals surface area contributed by atoms with Crippen LogP contribution in [0.1, 0.15) is 38.1 Å². The molecule has 31 heavy (non-hydrogen) atoms. The van der Waals surface area contributed by atoms with Gasteiger partial charge >= 0.3 is 5.97 Å². The highest BCUT2D eigenvalue weighted by Gasteiger charge is 2.59. The number of carbonyl (C=O) groups excluding carboxylic acids is 1. The van der Waals surface area contributed by atoms with Gasteiger partial charge in [-0.15, -0.1) is 5.10 Å². The van der Waals surface area contributed by atoms with Gasteiger partial charge in [-0.25, -0.2) is 4.98 Å². The van der Waals surface area contributed by atoms with E-state index in [0.29, 0.717) is 26.8 Å². The van der Waals surface area contributed by atoms with Gasteiger partial charge in [-0.05, 0) is 41.2 Å². The van der Waals surface area contributed by atoms with Crippen LogP contribution in [0.15, 0.2) is 33.6 Å². The maximum Gasteiger partial charge on any atom is 0.308 e. The van der Waals surface area contributed by atoms with Crippen molar-refractivity contribution in [2.45, 2.75) is 26.7 Å². The molecule has 0 unspecified atom stereocenters. The van der Waals surface area contributed by atoms with E-state index in [1.54, 1.807) is 30.4 Å². The predicted octanol–water partition coefficient (Wildman–Crippen LogP) is 3.69. The Bertz CT molecular complexity index is 1320. The first-order valence-corrected chi connectivity index (χ1v) is 11.0. The highest BCUT2D eigenvalue weighted by Crippen LogP contribution is 2.64. The zero-order chi connectivity index (χ0) is 22.5. The molecule has 1 aliphatic rings. The van der Waals surface area contributed by atoms with Gasteiger partial charge in [0.1, 0.15) is 4.49 Å². The van der Waals surface area contributed by atoms with Crippen molar-refractivity contribution in [2.75, 3.05) is 7.11 Å². The van der Waals surface area contributed by atoms with E-state index >= 15 is 0 Å². The lowest BCUT2D eigenvalue weighted by Crippen LogP contribution is -2.23. The predicted molar refractivity (Wildman–Crippen MR) is 120 cm³/mol. The number of fused-ring (bicyclic) bond motifs is 1. The van der Waals surface area contributed by atoms with Gasteiger partial charge in [-0.1, -0.05) is 54.5 Å². The minimum atomic E-state index is -0.442. The van der Waals surface area contributed by atoms with Crippen LogP contribution in [0.2, 0.25) is 0 Å². The molecular weight excluding hydrogens is 461 g/mol. The summed E-state index contributed by atoms with van der Waals surface area (Å²) in [4.78, 5) is 29.2. The first-order chi connectivity index (χ1) is 14.6. The van der Waals surface area contributed by atoms with Crippen molar-refractivity contribution in [2.24, 2.45) is 11.3 Å². The molecule has 2 aromatic heterocycles. The Labute approximate surface area is 191 Å². The van der Waals surface area contributed by atoms with E-state index in [1.165, 1.54) is 29.9 Å². The molecule has 0 bridgehead atoms. The van der Waals surface area contributed by atoms with Crippen molar-refractivity contribution < 1.29 is 14.3 Å². The van der Waals surface area contributed by atoms with E-state index < -0.39 is 5.97 Å². The molecule has 1 aliphatic carbocycles. The van der Waals surface area contributed by atoms with Crippen LogP contribution >= 0.6 is 34.5 Å². The second-order valence-corrected chi connectivity index (χ2v) is 9.88. The summed E-state index contributed by atoms with van der Waals surface area (Å²) in [6.45, 7) is 5.50. The minimum absolute atomic E-state index is 0.0528. The lowest BCUT2D eigenvalue weighted by atomic mass is 10.1. The average molecular weight is 480 g/mol. The van der Waals surface area contributed by atoms with E-state index in [9.17, 15) is 9.59 Å². The molecule has 0 saturated heterocycles. The number of methoxy groups -OCH3 is 1. The first-order valence-electron chi connectivity index (χ1n) is 9.42. The zero-order valence-electron chi connectivity index (χ0n) is 17.2. The number of rotatable bonds is 5. The van der Waals surface area contributed by atoms with Crippen molar-refractivity contribution in [3.05, 3.63) is 55.0 Å². The molecule has 7 nitrogen and oxygen atoms in total. The summed E-state index contributed by atoms with van der Waals surface area (Å²) in [5.74, 6) is 1.06. The Balaban J connectivity index is 1.68. The monoisotopic (exact) mass is 479 g/mol. The number of ether oxygens (including phenoxy) is 2. The molecule has 3 aromatic rings. The molecule has 1 aromatic carbocycles. The van der Waals surface area contributed by atoms with Gasteiger partial charge in [0, 0.05) is 12.8 Å². The van der Waals surface area contributed by atoms with Gasteiger partial charge in [0.15, 0.2) is 17.3 Å². The van der Waals surface area contributed by atoms with Crippen LogP contribution in [-0.2, 0) is 4.79 Å².